The van der Waals surface area contributed by atoms with Crippen LogP contribution in [0.25, 0.3) is 16.5 Å². The SMILES string of the molecule is O=c1c2cccc3c2c(nn1-c1ccccc1)CCN3. The largest absolute Gasteiger partial charge is 0.384 e. The molecule has 0 unspecified atom stereocenters. The van der Waals surface area contributed by atoms with Gasteiger partial charge in [0.05, 0.1) is 16.8 Å². The molecule has 2 heterocycles. The van der Waals surface area contributed by atoms with E-state index in [1.165, 1.54) is 4.68 Å². The fourth-order valence-electron chi connectivity index (χ4n) is 2.75. The molecule has 0 radical (unpaired) electrons. The van der Waals surface area contributed by atoms with Crippen LogP contribution in [0, 0.1) is 0 Å². The van der Waals surface area contributed by atoms with Crippen LogP contribution in [0.1, 0.15) is 5.69 Å². The van der Waals surface area contributed by atoms with Gasteiger partial charge in [0.25, 0.3) is 5.56 Å². The summed E-state index contributed by atoms with van der Waals surface area (Å²) in [4.78, 5) is 12.6. The minimum absolute atomic E-state index is 0.0690. The zero-order chi connectivity index (χ0) is 13.5. The van der Waals surface area contributed by atoms with Crippen LogP contribution in [-0.2, 0) is 6.42 Å². The summed E-state index contributed by atoms with van der Waals surface area (Å²) in [6.45, 7) is 0.853. The molecule has 0 amide bonds. The van der Waals surface area contributed by atoms with Gasteiger partial charge >= 0.3 is 0 Å². The number of hydrogen-bond donors (Lipinski definition) is 1. The number of anilines is 1. The fourth-order valence-corrected chi connectivity index (χ4v) is 2.75. The Morgan fingerprint density at radius 3 is 2.75 bits per heavy atom. The maximum atomic E-state index is 12.6. The average Bonchev–Trinajstić information content (AvgIpc) is 2.52. The van der Waals surface area contributed by atoms with E-state index in [1.54, 1.807) is 0 Å². The van der Waals surface area contributed by atoms with Crippen LogP contribution in [0.4, 0.5) is 5.69 Å². The molecule has 0 saturated carbocycles. The molecule has 0 atom stereocenters. The topological polar surface area (TPSA) is 46.9 Å². The molecule has 0 bridgehead atoms. The molecule has 2 aromatic carbocycles. The zero-order valence-corrected chi connectivity index (χ0v) is 10.8. The highest BCUT2D eigenvalue weighted by Crippen LogP contribution is 2.27. The summed E-state index contributed by atoms with van der Waals surface area (Å²) in [7, 11) is 0. The molecular weight excluding hydrogens is 250 g/mol. The molecular formula is C16H13N3O. The first-order valence-electron chi connectivity index (χ1n) is 6.69. The van der Waals surface area contributed by atoms with E-state index >= 15 is 0 Å². The maximum Gasteiger partial charge on any atom is 0.279 e. The lowest BCUT2D eigenvalue weighted by Gasteiger charge is -2.19. The predicted molar refractivity (Wildman–Crippen MR) is 79.5 cm³/mol. The van der Waals surface area contributed by atoms with Crippen LogP contribution in [0.3, 0.4) is 0 Å². The smallest absolute Gasteiger partial charge is 0.279 e. The molecule has 1 aliphatic rings. The summed E-state index contributed by atoms with van der Waals surface area (Å²) in [6, 6.07) is 15.3. The van der Waals surface area contributed by atoms with Gasteiger partial charge in [-0.25, -0.2) is 0 Å². The predicted octanol–water partition coefficient (Wildman–Crippen LogP) is 2.35. The van der Waals surface area contributed by atoms with Crippen molar-refractivity contribution in [2.24, 2.45) is 0 Å². The quantitative estimate of drug-likeness (QED) is 0.733. The maximum absolute atomic E-state index is 12.6. The van der Waals surface area contributed by atoms with E-state index in [0.717, 1.165) is 40.8 Å². The second-order valence-electron chi connectivity index (χ2n) is 4.90. The van der Waals surface area contributed by atoms with Crippen molar-refractivity contribution in [3.8, 4) is 5.69 Å². The third-order valence-corrected chi connectivity index (χ3v) is 3.67. The summed E-state index contributed by atoms with van der Waals surface area (Å²) in [5.41, 5.74) is 2.73. The molecule has 1 aliphatic heterocycles. The van der Waals surface area contributed by atoms with Crippen LogP contribution in [0.2, 0.25) is 0 Å². The van der Waals surface area contributed by atoms with Crippen molar-refractivity contribution in [3.05, 3.63) is 64.6 Å². The number of para-hydroxylation sites is 1. The van der Waals surface area contributed by atoms with Crippen molar-refractivity contribution in [3.63, 3.8) is 0 Å². The van der Waals surface area contributed by atoms with E-state index in [2.05, 4.69) is 10.4 Å². The Morgan fingerprint density at radius 2 is 1.90 bits per heavy atom. The van der Waals surface area contributed by atoms with Gasteiger partial charge in [-0.3, -0.25) is 4.79 Å². The molecule has 3 aromatic rings. The number of nitrogens with zero attached hydrogens (tertiary/aromatic N) is 2. The third-order valence-electron chi connectivity index (χ3n) is 3.67. The highest BCUT2D eigenvalue weighted by Gasteiger charge is 2.17. The van der Waals surface area contributed by atoms with Gasteiger partial charge in [0.2, 0.25) is 0 Å². The number of benzene rings is 2. The van der Waals surface area contributed by atoms with Crippen molar-refractivity contribution < 1.29 is 0 Å². The van der Waals surface area contributed by atoms with Crippen LogP contribution in [0.15, 0.2) is 53.3 Å². The Balaban J connectivity index is 2.11. The Labute approximate surface area is 115 Å². The van der Waals surface area contributed by atoms with E-state index in [1.807, 2.05) is 48.5 Å². The molecule has 1 N–H and O–H groups in total. The molecule has 4 rings (SSSR count). The molecule has 0 spiro atoms. The molecule has 0 fully saturated rings. The lowest BCUT2D eigenvalue weighted by Crippen LogP contribution is -2.26. The van der Waals surface area contributed by atoms with Gasteiger partial charge in [-0.05, 0) is 24.3 Å². The average molecular weight is 263 g/mol. The first-order valence-corrected chi connectivity index (χ1v) is 6.69. The molecule has 20 heavy (non-hydrogen) atoms. The molecule has 0 aliphatic carbocycles. The standard InChI is InChI=1S/C16H13N3O/c20-16-12-7-4-8-13-15(12)14(9-10-17-13)18-19(16)11-5-2-1-3-6-11/h1-8,17H,9-10H2. The van der Waals surface area contributed by atoms with Crippen LogP contribution in [-0.4, -0.2) is 16.3 Å². The summed E-state index contributed by atoms with van der Waals surface area (Å²) >= 11 is 0. The van der Waals surface area contributed by atoms with Crippen LogP contribution in [0.5, 0.6) is 0 Å². The minimum Gasteiger partial charge on any atom is -0.384 e. The summed E-state index contributed by atoms with van der Waals surface area (Å²) in [6.07, 6.45) is 0.834. The number of rotatable bonds is 1. The Kier molecular flexibility index (Phi) is 2.36. The first-order chi connectivity index (χ1) is 9.84. The second kappa shape index (κ2) is 4.20. The van der Waals surface area contributed by atoms with Crippen molar-refractivity contribution in [2.45, 2.75) is 6.42 Å². The third kappa shape index (κ3) is 1.54. The number of hydrogen-bond acceptors (Lipinski definition) is 3. The minimum atomic E-state index is -0.0690. The van der Waals surface area contributed by atoms with Gasteiger partial charge in [-0.15, -0.1) is 0 Å². The van der Waals surface area contributed by atoms with Gasteiger partial charge in [-0.2, -0.15) is 9.78 Å². The zero-order valence-electron chi connectivity index (χ0n) is 10.8. The fraction of sp³-hybridized carbons (Fsp3) is 0.125. The highest BCUT2D eigenvalue weighted by molar-refractivity contribution is 5.96. The van der Waals surface area contributed by atoms with E-state index in [9.17, 15) is 4.79 Å². The van der Waals surface area contributed by atoms with E-state index in [-0.39, 0.29) is 5.56 Å². The van der Waals surface area contributed by atoms with E-state index in [4.69, 9.17) is 0 Å². The lowest BCUT2D eigenvalue weighted by atomic mass is 10.0. The Hall–Kier alpha value is -2.62. The monoisotopic (exact) mass is 263 g/mol. The van der Waals surface area contributed by atoms with Gasteiger partial charge < -0.3 is 5.32 Å². The Bertz CT molecular complexity index is 853. The summed E-state index contributed by atoms with van der Waals surface area (Å²) in [5, 5.41) is 9.58. The van der Waals surface area contributed by atoms with Gasteiger partial charge in [0, 0.05) is 24.0 Å². The molecule has 0 saturated heterocycles. The first kappa shape index (κ1) is 11.2. The van der Waals surface area contributed by atoms with Crippen LogP contribution >= 0.6 is 0 Å². The highest BCUT2D eigenvalue weighted by atomic mass is 16.1. The number of aromatic nitrogens is 2. The summed E-state index contributed by atoms with van der Waals surface area (Å²) < 4.78 is 1.51. The van der Waals surface area contributed by atoms with Gasteiger partial charge in [-0.1, -0.05) is 24.3 Å². The van der Waals surface area contributed by atoms with E-state index < -0.39 is 0 Å². The Morgan fingerprint density at radius 1 is 1.05 bits per heavy atom. The van der Waals surface area contributed by atoms with E-state index in [0.29, 0.717) is 0 Å². The normalized spacial score (nSPS) is 13.2. The number of nitrogens with one attached hydrogen (secondary N) is 1. The second-order valence-corrected chi connectivity index (χ2v) is 4.90. The molecule has 4 heteroatoms. The van der Waals surface area contributed by atoms with Crippen LogP contribution < -0.4 is 10.9 Å². The van der Waals surface area contributed by atoms with Crippen molar-refractivity contribution in [1.29, 1.82) is 0 Å². The molecule has 98 valence electrons. The molecule has 1 aromatic heterocycles. The summed E-state index contributed by atoms with van der Waals surface area (Å²) in [5.74, 6) is 0. The van der Waals surface area contributed by atoms with Gasteiger partial charge in [0.1, 0.15) is 0 Å². The lowest BCUT2D eigenvalue weighted by molar-refractivity contribution is 0.769. The van der Waals surface area contributed by atoms with Crippen molar-refractivity contribution in [2.75, 3.05) is 11.9 Å². The van der Waals surface area contributed by atoms with Gasteiger partial charge in [0.15, 0.2) is 0 Å². The van der Waals surface area contributed by atoms with Crippen molar-refractivity contribution in [1.82, 2.24) is 9.78 Å². The van der Waals surface area contributed by atoms with Crippen molar-refractivity contribution >= 4 is 16.5 Å². The molecule has 4 nitrogen and oxygen atoms in total.